The molecule has 2 aromatic rings. The Labute approximate surface area is 158 Å². The van der Waals surface area contributed by atoms with E-state index in [-0.39, 0.29) is 29.4 Å². The largest absolute Gasteiger partial charge is 0.454 e. The van der Waals surface area contributed by atoms with E-state index in [1.807, 2.05) is 0 Å². The van der Waals surface area contributed by atoms with Gasteiger partial charge in [0.1, 0.15) is 11.6 Å². The summed E-state index contributed by atoms with van der Waals surface area (Å²) in [6.45, 7) is 1.66. The summed E-state index contributed by atoms with van der Waals surface area (Å²) >= 11 is 6.02. The highest BCUT2D eigenvalue weighted by Crippen LogP contribution is 2.38. The number of nitro groups is 1. The fraction of sp³-hybridized carbons (Fsp3) is 0.111. The van der Waals surface area contributed by atoms with Crippen LogP contribution in [0.3, 0.4) is 0 Å². The minimum atomic E-state index is -0.713. The van der Waals surface area contributed by atoms with Gasteiger partial charge in [0.05, 0.1) is 16.6 Å². The predicted molar refractivity (Wildman–Crippen MR) is 97.6 cm³/mol. The number of nitriles is 1. The normalized spacial score (nSPS) is 12.4. The van der Waals surface area contributed by atoms with Gasteiger partial charge in [-0.1, -0.05) is 17.7 Å². The standard InChI is InChI=1S/C18H12ClN3O5/c1-10-13(19)3-2-4-14(10)21-18(23)12(8-20)5-11-6-16-17(27-9-26-16)7-15(11)22(24)25/h2-7H,9H2,1H3,(H,21,23)/b12-5+. The van der Waals surface area contributed by atoms with Crippen molar-refractivity contribution in [3.8, 4) is 17.6 Å². The average Bonchev–Trinajstić information content (AvgIpc) is 3.09. The van der Waals surface area contributed by atoms with E-state index in [1.54, 1.807) is 31.2 Å². The smallest absolute Gasteiger partial charge is 0.280 e. The van der Waals surface area contributed by atoms with Gasteiger partial charge in [-0.25, -0.2) is 0 Å². The van der Waals surface area contributed by atoms with E-state index in [9.17, 15) is 20.2 Å². The summed E-state index contributed by atoms with van der Waals surface area (Å²) in [6.07, 6.45) is 1.13. The molecule has 3 rings (SSSR count). The van der Waals surface area contributed by atoms with Gasteiger partial charge in [0.2, 0.25) is 6.79 Å². The maximum atomic E-state index is 12.5. The summed E-state index contributed by atoms with van der Waals surface area (Å²) in [6, 6.07) is 9.28. The molecule has 0 saturated carbocycles. The van der Waals surface area contributed by atoms with Crippen LogP contribution in [0.2, 0.25) is 5.02 Å². The van der Waals surface area contributed by atoms with Crippen molar-refractivity contribution in [1.82, 2.24) is 0 Å². The number of nitrogens with zero attached hydrogens (tertiary/aromatic N) is 2. The molecule has 27 heavy (non-hydrogen) atoms. The first-order valence-corrected chi connectivity index (χ1v) is 8.05. The number of carbonyl (C=O) groups excluding carboxylic acids is 1. The quantitative estimate of drug-likeness (QED) is 0.370. The Morgan fingerprint density at radius 1 is 1.37 bits per heavy atom. The van der Waals surface area contributed by atoms with E-state index in [0.29, 0.717) is 22.0 Å². The van der Waals surface area contributed by atoms with E-state index in [0.717, 1.165) is 6.08 Å². The molecule has 1 aliphatic rings. The third-order valence-electron chi connectivity index (χ3n) is 3.90. The Kier molecular flexibility index (Phi) is 4.96. The lowest BCUT2D eigenvalue weighted by molar-refractivity contribution is -0.385. The van der Waals surface area contributed by atoms with Crippen molar-refractivity contribution in [3.63, 3.8) is 0 Å². The van der Waals surface area contributed by atoms with Gasteiger partial charge in [0.15, 0.2) is 11.5 Å². The molecular weight excluding hydrogens is 374 g/mol. The van der Waals surface area contributed by atoms with Crippen LogP contribution in [0.4, 0.5) is 11.4 Å². The Balaban J connectivity index is 1.97. The molecule has 0 atom stereocenters. The third kappa shape index (κ3) is 3.68. The number of halogens is 1. The summed E-state index contributed by atoms with van der Waals surface area (Å²) in [5.41, 5.74) is 0.515. The molecule has 9 heteroatoms. The number of benzene rings is 2. The van der Waals surface area contributed by atoms with E-state index in [4.69, 9.17) is 21.1 Å². The highest BCUT2D eigenvalue weighted by atomic mass is 35.5. The van der Waals surface area contributed by atoms with Gasteiger partial charge in [0, 0.05) is 10.7 Å². The van der Waals surface area contributed by atoms with Crippen LogP contribution in [0.15, 0.2) is 35.9 Å². The summed E-state index contributed by atoms with van der Waals surface area (Å²) in [7, 11) is 0. The van der Waals surface area contributed by atoms with E-state index >= 15 is 0 Å². The minimum Gasteiger partial charge on any atom is -0.454 e. The number of ether oxygens (including phenoxy) is 2. The van der Waals surface area contributed by atoms with Crippen molar-refractivity contribution >= 4 is 35.0 Å². The van der Waals surface area contributed by atoms with Crippen molar-refractivity contribution in [2.45, 2.75) is 6.92 Å². The molecule has 8 nitrogen and oxygen atoms in total. The van der Waals surface area contributed by atoms with Crippen LogP contribution in [0, 0.1) is 28.4 Å². The Morgan fingerprint density at radius 2 is 2.07 bits per heavy atom. The number of nitrogens with one attached hydrogen (secondary N) is 1. The molecule has 1 aliphatic heterocycles. The second-order valence-electron chi connectivity index (χ2n) is 5.56. The Hall–Kier alpha value is -3.57. The Bertz CT molecular complexity index is 1030. The lowest BCUT2D eigenvalue weighted by Gasteiger charge is -2.09. The second-order valence-corrected chi connectivity index (χ2v) is 5.96. The highest BCUT2D eigenvalue weighted by molar-refractivity contribution is 6.31. The van der Waals surface area contributed by atoms with Crippen LogP contribution in [0.1, 0.15) is 11.1 Å². The van der Waals surface area contributed by atoms with Crippen molar-refractivity contribution < 1.29 is 19.2 Å². The SMILES string of the molecule is Cc1c(Cl)cccc1NC(=O)/C(C#N)=C/c1cc2c(cc1[N+](=O)[O-])OCO2. The molecule has 1 amide bonds. The Morgan fingerprint density at radius 3 is 2.74 bits per heavy atom. The van der Waals surface area contributed by atoms with Crippen LogP contribution in [0.5, 0.6) is 11.5 Å². The first-order chi connectivity index (χ1) is 12.9. The third-order valence-corrected chi connectivity index (χ3v) is 4.31. The summed E-state index contributed by atoms with van der Waals surface area (Å²) in [5, 5.41) is 23.7. The average molecular weight is 386 g/mol. The van der Waals surface area contributed by atoms with Crippen molar-refractivity contribution in [2.75, 3.05) is 12.1 Å². The number of fused-ring (bicyclic) bond motifs is 1. The van der Waals surface area contributed by atoms with Crippen LogP contribution in [-0.4, -0.2) is 17.6 Å². The summed E-state index contributed by atoms with van der Waals surface area (Å²) < 4.78 is 10.3. The number of amides is 1. The fourth-order valence-electron chi connectivity index (χ4n) is 2.46. The van der Waals surface area contributed by atoms with Gasteiger partial charge in [0.25, 0.3) is 11.6 Å². The van der Waals surface area contributed by atoms with E-state index < -0.39 is 10.8 Å². The van der Waals surface area contributed by atoms with Crippen molar-refractivity contribution in [1.29, 1.82) is 5.26 Å². The maximum absolute atomic E-state index is 12.5. The summed E-state index contributed by atoms with van der Waals surface area (Å²) in [5.74, 6) is -0.179. The number of nitro benzene ring substituents is 1. The number of carbonyl (C=O) groups is 1. The van der Waals surface area contributed by atoms with Gasteiger partial charge >= 0.3 is 0 Å². The molecule has 0 aliphatic carbocycles. The lowest BCUT2D eigenvalue weighted by atomic mass is 10.1. The molecular formula is C18H12ClN3O5. The molecule has 0 saturated heterocycles. The summed E-state index contributed by atoms with van der Waals surface area (Å²) in [4.78, 5) is 23.1. The predicted octanol–water partition coefficient (Wildman–Crippen LogP) is 3.83. The van der Waals surface area contributed by atoms with Gasteiger partial charge in [-0.05, 0) is 36.8 Å². The number of hydrogen-bond donors (Lipinski definition) is 1. The van der Waals surface area contributed by atoms with Gasteiger partial charge < -0.3 is 14.8 Å². The number of anilines is 1. The van der Waals surface area contributed by atoms with Crippen molar-refractivity contribution in [2.24, 2.45) is 0 Å². The zero-order chi connectivity index (χ0) is 19.6. The molecule has 0 aromatic heterocycles. The highest BCUT2D eigenvalue weighted by Gasteiger charge is 2.23. The molecule has 0 fully saturated rings. The van der Waals surface area contributed by atoms with Gasteiger partial charge in [-0.3, -0.25) is 14.9 Å². The molecule has 0 bridgehead atoms. The number of hydrogen-bond acceptors (Lipinski definition) is 6. The number of rotatable bonds is 4. The van der Waals surface area contributed by atoms with E-state index in [1.165, 1.54) is 12.1 Å². The zero-order valence-electron chi connectivity index (χ0n) is 14.0. The molecule has 136 valence electrons. The molecule has 1 heterocycles. The van der Waals surface area contributed by atoms with Gasteiger partial charge in [-0.2, -0.15) is 5.26 Å². The minimum absolute atomic E-state index is 0.0544. The molecule has 0 spiro atoms. The van der Waals surface area contributed by atoms with E-state index in [2.05, 4.69) is 5.32 Å². The second kappa shape index (κ2) is 7.35. The van der Waals surface area contributed by atoms with Crippen LogP contribution >= 0.6 is 11.6 Å². The maximum Gasteiger partial charge on any atom is 0.280 e. The van der Waals surface area contributed by atoms with Crippen LogP contribution in [0.25, 0.3) is 6.08 Å². The first-order valence-electron chi connectivity index (χ1n) is 7.67. The molecule has 0 radical (unpaired) electrons. The zero-order valence-corrected chi connectivity index (χ0v) is 14.7. The first kappa shape index (κ1) is 18.2. The van der Waals surface area contributed by atoms with Gasteiger partial charge in [-0.15, -0.1) is 0 Å². The lowest BCUT2D eigenvalue weighted by Crippen LogP contribution is -2.14. The molecule has 0 unspecified atom stereocenters. The fourth-order valence-corrected chi connectivity index (χ4v) is 2.63. The van der Waals surface area contributed by atoms with Crippen LogP contribution < -0.4 is 14.8 Å². The monoisotopic (exact) mass is 385 g/mol. The molecule has 1 N–H and O–H groups in total. The molecule has 2 aromatic carbocycles. The van der Waals surface area contributed by atoms with Crippen molar-refractivity contribution in [3.05, 3.63) is 62.2 Å². The topological polar surface area (TPSA) is 114 Å². The van der Waals surface area contributed by atoms with Crippen LogP contribution in [-0.2, 0) is 4.79 Å².